The van der Waals surface area contributed by atoms with Gasteiger partial charge in [0.15, 0.2) is 0 Å². The molecular weight excluding hydrogens is 117 g/mol. The van der Waals surface area contributed by atoms with Crippen molar-refractivity contribution < 1.29 is 0 Å². The maximum absolute atomic E-state index is 3.10. The Morgan fingerprint density at radius 1 is 1.50 bits per heavy atom. The van der Waals surface area contributed by atoms with Gasteiger partial charge in [0.2, 0.25) is 5.99 Å². The molecule has 0 aliphatic carbocycles. The highest BCUT2D eigenvalue weighted by Gasteiger charge is 1.95. The van der Waals surface area contributed by atoms with Crippen molar-refractivity contribution in [2.24, 2.45) is 0 Å². The molecule has 0 fully saturated rings. The van der Waals surface area contributed by atoms with Gasteiger partial charge in [-0.25, -0.2) is 11.6 Å². The molecule has 0 aromatic carbocycles. The van der Waals surface area contributed by atoms with Gasteiger partial charge in [-0.1, -0.05) is 13.6 Å². The lowest BCUT2D eigenvalue weighted by molar-refractivity contribution is 0.873. The first kappa shape index (κ1) is 8.37. The van der Waals surface area contributed by atoms with Crippen LogP contribution in [0.3, 0.4) is 0 Å². The molecule has 0 spiro atoms. The zero-order valence-corrected chi connectivity index (χ0v) is 6.72. The Labute approximate surface area is 56.6 Å². The summed E-state index contributed by atoms with van der Waals surface area (Å²) >= 11 is 1.99. The van der Waals surface area contributed by atoms with Gasteiger partial charge in [-0.2, -0.15) is 0 Å². The number of nitrogens with one attached hydrogen (secondary N) is 1. The summed E-state index contributed by atoms with van der Waals surface area (Å²) in [7, 11) is 1.99. The minimum Gasteiger partial charge on any atom is -0.319 e. The van der Waals surface area contributed by atoms with Gasteiger partial charge in [-0.05, 0) is 12.8 Å². The van der Waals surface area contributed by atoms with Crippen molar-refractivity contribution in [2.75, 3.05) is 19.3 Å². The average molecular weight is 131 g/mol. The molecule has 0 aliphatic rings. The van der Waals surface area contributed by atoms with Crippen molar-refractivity contribution in [1.82, 2.24) is 5.32 Å². The van der Waals surface area contributed by atoms with Gasteiger partial charge in [0, 0.05) is 6.54 Å². The monoisotopic (exact) mass is 131 g/mol. The van der Waals surface area contributed by atoms with Gasteiger partial charge in [-0.3, -0.25) is 0 Å². The molecule has 48 valence electrons. The Morgan fingerprint density at radius 3 is 2.50 bits per heavy atom. The van der Waals surface area contributed by atoms with Crippen molar-refractivity contribution in [1.29, 1.82) is 0 Å². The van der Waals surface area contributed by atoms with E-state index in [-0.39, 0.29) is 0 Å². The topological polar surface area (TPSA) is 12.0 Å². The number of hydrogen-bond acceptors (Lipinski definition) is 2. The average Bonchev–Trinajstić information content (AvgIpc) is 1.66. The summed E-state index contributed by atoms with van der Waals surface area (Å²) in [5.41, 5.74) is 0. The predicted octanol–water partition coefficient (Wildman–Crippen LogP) is 1.19. The lowest BCUT2D eigenvalue weighted by Gasteiger charge is -1.99. The molecule has 3 heteroatoms. The van der Waals surface area contributed by atoms with Crippen LogP contribution in [-0.2, 0) is 0 Å². The lowest BCUT2D eigenvalue weighted by atomic mass is 9.84. The van der Waals surface area contributed by atoms with Crippen molar-refractivity contribution in [3.8, 4) is 0 Å². The Bertz CT molecular complexity index is 49.7. The van der Waals surface area contributed by atoms with E-state index in [9.17, 15) is 0 Å². The highest BCUT2D eigenvalue weighted by atomic mass is 32.2. The molecule has 0 radical (unpaired) electrons. The molecule has 0 atom stereocenters. The summed E-state index contributed by atoms with van der Waals surface area (Å²) in [5, 5.41) is 3.10. The second-order valence-electron chi connectivity index (χ2n) is 2.02. The first-order chi connectivity index (χ1) is 3.77. The summed E-state index contributed by atoms with van der Waals surface area (Å²) < 4.78 is 0. The van der Waals surface area contributed by atoms with Gasteiger partial charge in [-0.15, -0.1) is 0 Å². The van der Waals surface area contributed by atoms with E-state index in [2.05, 4.69) is 19.0 Å². The van der Waals surface area contributed by atoms with E-state index in [0.29, 0.717) is 0 Å². The van der Waals surface area contributed by atoms with E-state index in [1.807, 2.05) is 18.7 Å². The Balaban J connectivity index is 2.72. The van der Waals surface area contributed by atoms with Crippen molar-refractivity contribution in [3.63, 3.8) is 0 Å². The third-order valence-corrected chi connectivity index (χ3v) is 1.91. The third-order valence-electron chi connectivity index (χ3n) is 0.803. The van der Waals surface area contributed by atoms with Gasteiger partial charge in [0.05, 0.1) is 0 Å². The SMILES string of the molecule is CNCCSB(C)C. The van der Waals surface area contributed by atoms with Crippen LogP contribution in [0.2, 0.25) is 13.6 Å². The van der Waals surface area contributed by atoms with E-state index in [4.69, 9.17) is 0 Å². The molecule has 8 heavy (non-hydrogen) atoms. The van der Waals surface area contributed by atoms with Gasteiger partial charge in [0.25, 0.3) is 0 Å². The fourth-order valence-corrected chi connectivity index (χ4v) is 1.19. The molecule has 0 bridgehead atoms. The minimum absolute atomic E-state index is 0.781. The van der Waals surface area contributed by atoms with Crippen LogP contribution >= 0.6 is 11.6 Å². The second kappa shape index (κ2) is 5.51. The fourth-order valence-electron chi connectivity index (χ4n) is 0.397. The fraction of sp³-hybridized carbons (Fsp3) is 1.00. The van der Waals surface area contributed by atoms with Crippen LogP contribution in [0, 0.1) is 0 Å². The highest BCUT2D eigenvalue weighted by Crippen LogP contribution is 2.02. The van der Waals surface area contributed by atoms with E-state index < -0.39 is 0 Å². The molecule has 1 N–H and O–H groups in total. The van der Waals surface area contributed by atoms with Crippen LogP contribution in [0.4, 0.5) is 0 Å². The predicted molar refractivity (Wildman–Crippen MR) is 43.9 cm³/mol. The van der Waals surface area contributed by atoms with Gasteiger partial charge in [0.1, 0.15) is 0 Å². The van der Waals surface area contributed by atoms with E-state index in [1.54, 1.807) is 0 Å². The summed E-state index contributed by atoms with van der Waals surface area (Å²) in [6.45, 7) is 5.57. The zero-order valence-electron chi connectivity index (χ0n) is 5.90. The summed E-state index contributed by atoms with van der Waals surface area (Å²) in [6, 6.07) is 0. The van der Waals surface area contributed by atoms with Crippen molar-refractivity contribution in [3.05, 3.63) is 0 Å². The summed E-state index contributed by atoms with van der Waals surface area (Å²) in [4.78, 5) is 0. The molecule has 0 heterocycles. The standard InChI is InChI=1S/C5H14BNS/c1-6(2)8-5-4-7-3/h7H,4-5H2,1-3H3. The molecule has 0 amide bonds. The molecule has 0 aromatic rings. The van der Waals surface area contributed by atoms with Crippen LogP contribution in [0.15, 0.2) is 0 Å². The van der Waals surface area contributed by atoms with Crippen molar-refractivity contribution >= 4 is 17.6 Å². The van der Waals surface area contributed by atoms with E-state index in [0.717, 1.165) is 12.5 Å². The Kier molecular flexibility index (Phi) is 5.77. The smallest absolute Gasteiger partial charge is 0.203 e. The van der Waals surface area contributed by atoms with Crippen LogP contribution in [0.1, 0.15) is 0 Å². The molecule has 0 saturated carbocycles. The Morgan fingerprint density at radius 2 is 2.12 bits per heavy atom. The summed E-state index contributed by atoms with van der Waals surface area (Å²) in [6.07, 6.45) is 0. The molecule has 0 unspecified atom stereocenters. The van der Waals surface area contributed by atoms with Gasteiger partial charge < -0.3 is 5.32 Å². The van der Waals surface area contributed by atoms with Crippen LogP contribution in [-0.4, -0.2) is 25.3 Å². The largest absolute Gasteiger partial charge is 0.319 e. The minimum atomic E-state index is 0.781. The normalized spacial score (nSPS) is 9.38. The lowest BCUT2D eigenvalue weighted by Crippen LogP contribution is -2.11. The second-order valence-corrected chi connectivity index (χ2v) is 3.71. The summed E-state index contributed by atoms with van der Waals surface area (Å²) in [5.74, 6) is 2.01. The molecule has 0 saturated heterocycles. The molecule has 0 aromatic heterocycles. The molecular formula is C5H14BNS. The Hall–Kier alpha value is 0.375. The zero-order chi connectivity index (χ0) is 6.41. The van der Waals surface area contributed by atoms with Crippen molar-refractivity contribution in [2.45, 2.75) is 13.6 Å². The quantitative estimate of drug-likeness (QED) is 0.454. The van der Waals surface area contributed by atoms with Crippen LogP contribution < -0.4 is 5.32 Å². The maximum Gasteiger partial charge on any atom is 0.203 e. The number of rotatable bonds is 4. The highest BCUT2D eigenvalue weighted by molar-refractivity contribution is 8.25. The van der Waals surface area contributed by atoms with Crippen LogP contribution in [0.5, 0.6) is 0 Å². The van der Waals surface area contributed by atoms with E-state index in [1.165, 1.54) is 5.75 Å². The maximum atomic E-state index is 3.10. The molecule has 1 nitrogen and oxygen atoms in total. The van der Waals surface area contributed by atoms with Crippen LogP contribution in [0.25, 0.3) is 0 Å². The third kappa shape index (κ3) is 6.37. The van der Waals surface area contributed by atoms with E-state index >= 15 is 0 Å². The number of hydrogen-bond donors (Lipinski definition) is 1. The molecule has 0 rings (SSSR count). The van der Waals surface area contributed by atoms with Gasteiger partial charge >= 0.3 is 0 Å². The molecule has 0 aliphatic heterocycles. The first-order valence-electron chi connectivity index (χ1n) is 3.03. The first-order valence-corrected chi connectivity index (χ1v) is 4.08.